The Labute approximate surface area is 206 Å². The van der Waals surface area contributed by atoms with Gasteiger partial charge in [0, 0.05) is 60.5 Å². The molecule has 0 saturated carbocycles. The van der Waals surface area contributed by atoms with E-state index in [1.54, 1.807) is 25.4 Å². The number of aliphatic hydroxyl groups excluding tert-OH is 1. The molecule has 7 nitrogen and oxygen atoms in total. The standard InChI is InChI=1S/C26H30F3N5O2/c1-36-15-20(35)14-33-9-7-19(8-10-33)31-22-3-2-4-24-21(22)12-25(34(24)16-26(27,28)29)17-5-6-18-13-30-32-23(18)11-17/h2-6,11-13,19-20,31,35H,7-10,14-16H2,1H3,(H,30,32). The molecule has 36 heavy (non-hydrogen) atoms. The Balaban J connectivity index is 1.42. The molecule has 0 aliphatic carbocycles. The first-order chi connectivity index (χ1) is 17.3. The first kappa shape index (κ1) is 24.6. The van der Waals surface area contributed by atoms with Crippen LogP contribution in [-0.2, 0) is 11.3 Å². The van der Waals surface area contributed by atoms with Gasteiger partial charge in [-0.15, -0.1) is 0 Å². The Bertz CT molecular complexity index is 1320. The Morgan fingerprint density at radius 2 is 2.00 bits per heavy atom. The second-order valence-electron chi connectivity index (χ2n) is 9.47. The number of fused-ring (bicyclic) bond motifs is 2. The lowest BCUT2D eigenvalue weighted by Gasteiger charge is -2.34. The first-order valence-electron chi connectivity index (χ1n) is 12.1. The van der Waals surface area contributed by atoms with Crippen molar-refractivity contribution in [3.63, 3.8) is 0 Å². The zero-order valence-corrected chi connectivity index (χ0v) is 20.1. The number of anilines is 1. The van der Waals surface area contributed by atoms with Crippen LogP contribution in [-0.4, -0.2) is 76.4 Å². The minimum absolute atomic E-state index is 0.196. The van der Waals surface area contributed by atoms with Gasteiger partial charge < -0.3 is 24.6 Å². The molecule has 1 saturated heterocycles. The summed E-state index contributed by atoms with van der Waals surface area (Å²) >= 11 is 0. The van der Waals surface area contributed by atoms with Gasteiger partial charge in [-0.25, -0.2) is 0 Å². The van der Waals surface area contributed by atoms with Crippen LogP contribution in [0.4, 0.5) is 18.9 Å². The Morgan fingerprint density at radius 3 is 2.75 bits per heavy atom. The average Bonchev–Trinajstić information content (AvgIpc) is 3.44. The molecule has 0 amide bonds. The van der Waals surface area contributed by atoms with Crippen LogP contribution in [0.1, 0.15) is 12.8 Å². The minimum atomic E-state index is -4.36. The fraction of sp³-hybridized carbons (Fsp3) is 0.423. The van der Waals surface area contributed by atoms with Crippen LogP contribution in [0, 0.1) is 0 Å². The van der Waals surface area contributed by atoms with E-state index in [1.165, 1.54) is 4.57 Å². The molecule has 1 aliphatic rings. The van der Waals surface area contributed by atoms with Crippen molar-refractivity contribution in [2.45, 2.75) is 37.7 Å². The van der Waals surface area contributed by atoms with Crippen LogP contribution in [0.2, 0.25) is 0 Å². The van der Waals surface area contributed by atoms with Crippen molar-refractivity contribution >= 4 is 27.5 Å². The smallest absolute Gasteiger partial charge is 0.389 e. The van der Waals surface area contributed by atoms with Gasteiger partial charge in [-0.3, -0.25) is 5.10 Å². The highest BCUT2D eigenvalue weighted by atomic mass is 19.4. The lowest BCUT2D eigenvalue weighted by Crippen LogP contribution is -2.43. The predicted molar refractivity (Wildman–Crippen MR) is 134 cm³/mol. The summed E-state index contributed by atoms with van der Waals surface area (Å²) in [6.45, 7) is 1.47. The van der Waals surface area contributed by atoms with E-state index in [2.05, 4.69) is 20.4 Å². The number of rotatable bonds is 8. The summed E-state index contributed by atoms with van der Waals surface area (Å²) in [6, 6.07) is 13.0. The third kappa shape index (κ3) is 5.35. The van der Waals surface area contributed by atoms with E-state index in [1.807, 2.05) is 30.3 Å². The summed E-state index contributed by atoms with van der Waals surface area (Å²) in [5, 5.41) is 22.2. The summed E-state index contributed by atoms with van der Waals surface area (Å²) in [7, 11) is 1.57. The van der Waals surface area contributed by atoms with Crippen molar-refractivity contribution in [3.05, 3.63) is 48.7 Å². The van der Waals surface area contributed by atoms with Gasteiger partial charge >= 0.3 is 6.18 Å². The van der Waals surface area contributed by atoms with Crippen molar-refractivity contribution in [1.29, 1.82) is 0 Å². The Hall–Kier alpha value is -3.08. The molecule has 3 N–H and O–H groups in total. The average molecular weight is 502 g/mol. The molecule has 2 aromatic carbocycles. The molecule has 1 atom stereocenters. The molecule has 10 heteroatoms. The fourth-order valence-electron chi connectivity index (χ4n) is 5.12. The number of aromatic nitrogens is 3. The van der Waals surface area contributed by atoms with Crippen LogP contribution in [0.5, 0.6) is 0 Å². The number of piperidine rings is 1. The van der Waals surface area contributed by atoms with Crippen LogP contribution < -0.4 is 5.32 Å². The van der Waals surface area contributed by atoms with Gasteiger partial charge in [0.05, 0.1) is 29.9 Å². The molecule has 0 bridgehead atoms. The van der Waals surface area contributed by atoms with Crippen molar-refractivity contribution in [2.75, 3.05) is 38.7 Å². The van der Waals surface area contributed by atoms with Crippen LogP contribution in [0.15, 0.2) is 48.7 Å². The Morgan fingerprint density at radius 1 is 1.19 bits per heavy atom. The number of benzene rings is 2. The summed E-state index contributed by atoms with van der Waals surface area (Å²) in [5.74, 6) is 0. The molecule has 1 aliphatic heterocycles. The highest BCUT2D eigenvalue weighted by Gasteiger charge is 2.30. The molecule has 2 aromatic heterocycles. The number of aromatic amines is 1. The summed E-state index contributed by atoms with van der Waals surface area (Å²) in [4.78, 5) is 2.21. The zero-order chi connectivity index (χ0) is 25.3. The van der Waals surface area contributed by atoms with Crippen LogP contribution >= 0.6 is 0 Å². The number of likely N-dealkylation sites (tertiary alicyclic amines) is 1. The molecule has 0 radical (unpaired) electrons. The van der Waals surface area contributed by atoms with E-state index < -0.39 is 18.8 Å². The number of aliphatic hydroxyl groups is 1. The lowest BCUT2D eigenvalue weighted by molar-refractivity contribution is -0.139. The summed E-state index contributed by atoms with van der Waals surface area (Å²) in [6.07, 6.45) is -1.43. The lowest BCUT2D eigenvalue weighted by atomic mass is 10.0. The molecular weight excluding hydrogens is 471 g/mol. The number of alkyl halides is 3. The van der Waals surface area contributed by atoms with E-state index in [-0.39, 0.29) is 6.04 Å². The number of hydrogen-bond acceptors (Lipinski definition) is 5. The first-order valence-corrected chi connectivity index (χ1v) is 12.1. The Kier molecular flexibility index (Phi) is 6.92. The van der Waals surface area contributed by atoms with Crippen molar-refractivity contribution in [3.8, 4) is 11.3 Å². The maximum absolute atomic E-state index is 13.6. The largest absolute Gasteiger partial charge is 0.406 e. The number of nitrogens with zero attached hydrogens (tertiary/aromatic N) is 3. The van der Waals surface area contributed by atoms with Crippen molar-refractivity contribution in [2.24, 2.45) is 0 Å². The number of hydrogen-bond donors (Lipinski definition) is 3. The van der Waals surface area contributed by atoms with E-state index >= 15 is 0 Å². The van der Waals surface area contributed by atoms with Gasteiger partial charge in [0.15, 0.2) is 0 Å². The molecule has 4 aromatic rings. The van der Waals surface area contributed by atoms with Crippen molar-refractivity contribution < 1.29 is 23.0 Å². The maximum Gasteiger partial charge on any atom is 0.406 e. The van der Waals surface area contributed by atoms with Gasteiger partial charge in [-0.05, 0) is 37.1 Å². The number of halogens is 3. The maximum atomic E-state index is 13.6. The van der Waals surface area contributed by atoms with E-state index in [9.17, 15) is 18.3 Å². The second-order valence-corrected chi connectivity index (χ2v) is 9.47. The highest BCUT2D eigenvalue weighted by Crippen LogP contribution is 2.36. The van der Waals surface area contributed by atoms with Crippen LogP contribution in [0.3, 0.4) is 0 Å². The molecule has 5 rings (SSSR count). The number of methoxy groups -OCH3 is 1. The zero-order valence-electron chi connectivity index (χ0n) is 20.1. The van der Waals surface area contributed by atoms with E-state index in [0.29, 0.717) is 29.9 Å². The molecule has 1 fully saturated rings. The monoisotopic (exact) mass is 501 g/mol. The van der Waals surface area contributed by atoms with Crippen LogP contribution in [0.25, 0.3) is 33.1 Å². The van der Waals surface area contributed by atoms with E-state index in [0.717, 1.165) is 47.9 Å². The number of nitrogens with one attached hydrogen (secondary N) is 2. The third-order valence-electron chi connectivity index (χ3n) is 6.80. The van der Waals surface area contributed by atoms with Gasteiger partial charge in [0.25, 0.3) is 0 Å². The minimum Gasteiger partial charge on any atom is -0.389 e. The highest BCUT2D eigenvalue weighted by molar-refractivity contribution is 5.97. The normalized spacial score (nSPS) is 16.7. The fourth-order valence-corrected chi connectivity index (χ4v) is 5.12. The van der Waals surface area contributed by atoms with E-state index in [4.69, 9.17) is 4.74 Å². The number of β-amino-alcohol motifs (C(OH)–C–C–N with tert-alkyl or cyclic N) is 1. The summed E-state index contributed by atoms with van der Waals surface area (Å²) < 4.78 is 47.2. The SMILES string of the molecule is COCC(O)CN1CCC(Nc2cccc3c2cc(-c2ccc4cn[nH]c4c2)n3CC(F)(F)F)CC1. The second kappa shape index (κ2) is 10.1. The number of ether oxygens (including phenoxy) is 1. The quantitative estimate of drug-likeness (QED) is 0.328. The van der Waals surface area contributed by atoms with Gasteiger partial charge in [-0.2, -0.15) is 18.3 Å². The van der Waals surface area contributed by atoms with Crippen molar-refractivity contribution in [1.82, 2.24) is 19.7 Å². The molecule has 1 unspecified atom stereocenters. The predicted octanol–water partition coefficient (Wildman–Crippen LogP) is 4.63. The topological polar surface area (TPSA) is 78.3 Å². The summed E-state index contributed by atoms with van der Waals surface area (Å²) in [5.41, 5.74) is 3.35. The number of H-pyrrole nitrogens is 1. The van der Waals surface area contributed by atoms with Gasteiger partial charge in [0.1, 0.15) is 6.54 Å². The van der Waals surface area contributed by atoms with Gasteiger partial charge in [0.2, 0.25) is 0 Å². The molecular formula is C26H30F3N5O2. The molecule has 192 valence electrons. The molecule has 0 spiro atoms. The third-order valence-corrected chi connectivity index (χ3v) is 6.80. The van der Waals surface area contributed by atoms with Gasteiger partial charge in [-0.1, -0.05) is 18.2 Å². The molecule has 3 heterocycles.